The fraction of sp³-hybridized carbons (Fsp3) is 1.00. The molecule has 3 aliphatic heterocycles. The summed E-state index contributed by atoms with van der Waals surface area (Å²) in [5, 5.41) is 0. The highest BCUT2D eigenvalue weighted by Crippen LogP contribution is 2.60. The monoisotopic (exact) mass is 889 g/mol. The Morgan fingerprint density at radius 2 is 0.683 bits per heavy atom. The van der Waals surface area contributed by atoms with Gasteiger partial charge in [-0.3, -0.25) is 0 Å². The summed E-state index contributed by atoms with van der Waals surface area (Å²) >= 11 is 0. The van der Waals surface area contributed by atoms with Gasteiger partial charge in [0.05, 0.1) is 36.6 Å². The van der Waals surface area contributed by atoms with Gasteiger partial charge in [0.15, 0.2) is 12.6 Å². The summed E-state index contributed by atoms with van der Waals surface area (Å²) in [6.07, 6.45) is 2.59. The summed E-state index contributed by atoms with van der Waals surface area (Å²) in [6, 6.07) is 0. The van der Waals surface area contributed by atoms with E-state index in [0.717, 1.165) is 25.7 Å². The highest BCUT2D eigenvalue weighted by Gasteiger charge is 2.62. The van der Waals surface area contributed by atoms with Crippen LogP contribution in [0.15, 0.2) is 0 Å². The summed E-state index contributed by atoms with van der Waals surface area (Å²) in [5.41, 5.74) is -0.0489. The molecule has 0 aliphatic carbocycles. The molecule has 0 aromatic rings. The SMILES string of the molecule is CC(C)(C)CC1OC(C(C)(C)C)C(C(C)(C)C)CC1OC1OC(CC(C)(C)C)C(OC2OC(CC(C)(C)C)C(C(C)(C)C)C(C(C)(C)C)C2C(C)(C)C)C(C(C)(C)C)C1C(C)(C)C. The van der Waals surface area contributed by atoms with Gasteiger partial charge in [0, 0.05) is 17.8 Å². The molecule has 5 heteroatoms. The van der Waals surface area contributed by atoms with Crippen molar-refractivity contribution in [1.29, 1.82) is 0 Å². The number of rotatable bonds is 7. The van der Waals surface area contributed by atoms with E-state index in [2.05, 4.69) is 208 Å². The maximum Gasteiger partial charge on any atom is 0.162 e. The fourth-order valence-electron chi connectivity index (χ4n) is 12.7. The highest BCUT2D eigenvalue weighted by atomic mass is 16.7. The van der Waals surface area contributed by atoms with E-state index in [1.165, 1.54) is 0 Å². The van der Waals surface area contributed by atoms with Crippen molar-refractivity contribution >= 4 is 0 Å². The lowest BCUT2D eigenvalue weighted by Gasteiger charge is -2.62. The van der Waals surface area contributed by atoms with Crippen LogP contribution in [0.5, 0.6) is 0 Å². The zero-order valence-corrected chi connectivity index (χ0v) is 48.0. The Morgan fingerprint density at radius 1 is 0.333 bits per heavy atom. The predicted octanol–water partition coefficient (Wildman–Crippen LogP) is 16.7. The van der Waals surface area contributed by atoms with Gasteiger partial charge in [-0.1, -0.05) is 208 Å². The van der Waals surface area contributed by atoms with Crippen LogP contribution in [0.1, 0.15) is 233 Å². The lowest BCUT2D eigenvalue weighted by atomic mass is 9.52. The van der Waals surface area contributed by atoms with Gasteiger partial charge in [-0.2, -0.15) is 0 Å². The van der Waals surface area contributed by atoms with Crippen LogP contribution in [0.4, 0.5) is 0 Å². The maximum absolute atomic E-state index is 8.04. The van der Waals surface area contributed by atoms with E-state index in [0.29, 0.717) is 17.8 Å². The molecule has 0 saturated carbocycles. The minimum atomic E-state index is -0.420. The van der Waals surface area contributed by atoms with Crippen molar-refractivity contribution in [2.45, 2.75) is 283 Å². The van der Waals surface area contributed by atoms with E-state index >= 15 is 0 Å². The largest absolute Gasteiger partial charge is 0.371 e. The smallest absolute Gasteiger partial charge is 0.162 e. The van der Waals surface area contributed by atoms with Gasteiger partial charge in [-0.15, -0.1) is 0 Å². The van der Waals surface area contributed by atoms with Crippen LogP contribution in [0.2, 0.25) is 0 Å². The molecule has 0 aromatic carbocycles. The van der Waals surface area contributed by atoms with Gasteiger partial charge in [0.25, 0.3) is 0 Å². The zero-order chi connectivity index (χ0) is 49.4. The second kappa shape index (κ2) is 18.6. The molecule has 5 nitrogen and oxygen atoms in total. The Bertz CT molecular complexity index is 1440. The molecule has 3 heterocycles. The summed E-state index contributed by atoms with van der Waals surface area (Å²) in [6.45, 7) is 72.1. The van der Waals surface area contributed by atoms with Crippen LogP contribution in [0, 0.1) is 89.7 Å². The molecule has 3 saturated heterocycles. The summed E-state index contributed by atoms with van der Waals surface area (Å²) in [5.74, 6) is 1.40. The van der Waals surface area contributed by atoms with Crippen molar-refractivity contribution in [1.82, 2.24) is 0 Å². The van der Waals surface area contributed by atoms with Gasteiger partial charge < -0.3 is 23.7 Å². The van der Waals surface area contributed by atoms with Gasteiger partial charge in [0.1, 0.15) is 0 Å². The Morgan fingerprint density at radius 3 is 1.05 bits per heavy atom. The van der Waals surface area contributed by atoms with Crippen molar-refractivity contribution in [3.05, 3.63) is 0 Å². The summed E-state index contributed by atoms with van der Waals surface area (Å²) < 4.78 is 38.6. The van der Waals surface area contributed by atoms with Crippen molar-refractivity contribution in [2.75, 3.05) is 0 Å². The van der Waals surface area contributed by atoms with E-state index in [-0.39, 0.29) is 115 Å². The Kier molecular flexibility index (Phi) is 16.9. The molecule has 3 fully saturated rings. The van der Waals surface area contributed by atoms with Gasteiger partial charge >= 0.3 is 0 Å². The third-order valence-electron chi connectivity index (χ3n) is 15.1. The van der Waals surface area contributed by atoms with Crippen LogP contribution in [0.3, 0.4) is 0 Å². The molecule has 0 radical (unpaired) electrons. The van der Waals surface area contributed by atoms with E-state index in [9.17, 15) is 0 Å². The maximum atomic E-state index is 8.04. The molecule has 0 amide bonds. The molecule has 63 heavy (non-hydrogen) atoms. The van der Waals surface area contributed by atoms with E-state index in [1.54, 1.807) is 0 Å². The van der Waals surface area contributed by atoms with Crippen molar-refractivity contribution in [3.8, 4) is 0 Å². The average molecular weight is 890 g/mol. The number of hydrogen-bond acceptors (Lipinski definition) is 5. The van der Waals surface area contributed by atoms with Crippen LogP contribution in [0.25, 0.3) is 0 Å². The van der Waals surface area contributed by atoms with E-state index in [4.69, 9.17) is 23.7 Å². The molecule has 0 spiro atoms. The average Bonchev–Trinajstić information content (AvgIpc) is 2.96. The molecule has 0 aromatic heterocycles. The number of ether oxygens (including phenoxy) is 5. The molecule has 0 bridgehead atoms. The van der Waals surface area contributed by atoms with Crippen molar-refractivity contribution in [3.63, 3.8) is 0 Å². The first-order valence-corrected chi connectivity index (χ1v) is 25.8. The molecule has 3 rings (SSSR count). The molecule has 374 valence electrons. The summed E-state index contributed by atoms with van der Waals surface area (Å²) in [4.78, 5) is 0. The van der Waals surface area contributed by atoms with Gasteiger partial charge in [0.2, 0.25) is 0 Å². The fourth-order valence-corrected chi connectivity index (χ4v) is 12.7. The Labute approximate surface area is 394 Å². The molecule has 0 N–H and O–H groups in total. The molecule has 14 atom stereocenters. The first kappa shape index (κ1) is 57.1. The molecule has 3 aliphatic rings. The third-order valence-corrected chi connectivity index (χ3v) is 15.1. The van der Waals surface area contributed by atoms with E-state index in [1.807, 2.05) is 0 Å². The second-order valence-electron chi connectivity index (χ2n) is 32.8. The van der Waals surface area contributed by atoms with E-state index < -0.39 is 6.29 Å². The van der Waals surface area contributed by atoms with Gasteiger partial charge in [-0.05, 0) is 97.6 Å². The standard InChI is InChI=1S/C58H112O5/c1-49(2,3)32-37-36(31-35(52(10,11)12)46(59-37)58(28,29)30)60-47-44(57(25,26)27)42(55(19,20)21)45(39(62-47)34-51(7,8)9)63-48-43(56(22,23)24)41(54(16,17)18)40(53(13,14)15)38(61-48)33-50(4,5)6/h35-48H,31-34H2,1-30H3. The Hall–Kier alpha value is -0.200. The molecular weight excluding hydrogens is 777 g/mol. The summed E-state index contributed by atoms with van der Waals surface area (Å²) in [7, 11) is 0. The lowest BCUT2D eigenvalue weighted by molar-refractivity contribution is -0.373. The normalized spacial score (nSPS) is 35.5. The lowest BCUT2D eigenvalue weighted by Crippen LogP contribution is -2.65. The van der Waals surface area contributed by atoms with Crippen LogP contribution in [-0.2, 0) is 23.7 Å². The van der Waals surface area contributed by atoms with Crippen LogP contribution < -0.4 is 0 Å². The first-order valence-electron chi connectivity index (χ1n) is 25.8. The van der Waals surface area contributed by atoms with Crippen LogP contribution >= 0.6 is 0 Å². The Balaban J connectivity index is 2.34. The quantitative estimate of drug-likeness (QED) is 0.255. The topological polar surface area (TPSA) is 46.2 Å². The van der Waals surface area contributed by atoms with Crippen LogP contribution in [-0.4, -0.2) is 49.2 Å². The van der Waals surface area contributed by atoms with Gasteiger partial charge in [-0.25, -0.2) is 0 Å². The molecular formula is C58H112O5. The number of hydrogen-bond donors (Lipinski definition) is 0. The first-order chi connectivity index (χ1) is 27.5. The van der Waals surface area contributed by atoms with Crippen molar-refractivity contribution in [2.24, 2.45) is 89.7 Å². The van der Waals surface area contributed by atoms with Crippen molar-refractivity contribution < 1.29 is 23.7 Å². The molecule has 14 unspecified atom stereocenters. The predicted molar refractivity (Wildman–Crippen MR) is 270 cm³/mol. The minimum absolute atomic E-state index is 0.00488. The zero-order valence-electron chi connectivity index (χ0n) is 48.0. The minimum Gasteiger partial charge on any atom is -0.371 e. The highest BCUT2D eigenvalue weighted by molar-refractivity contribution is 5.06. The second-order valence-corrected chi connectivity index (χ2v) is 32.8. The third kappa shape index (κ3) is 15.1.